The molecule has 0 saturated heterocycles. The van der Waals surface area contributed by atoms with Crippen LogP contribution in [0.1, 0.15) is 33.1 Å². The number of Topliss-reactive ketones (excluding diaryl/α,β-unsaturated/α-hetero) is 2. The maximum atomic E-state index is 11.2. The monoisotopic (exact) mass is 204 g/mol. The zero-order chi connectivity index (χ0) is 10.3. The van der Waals surface area contributed by atoms with Gasteiger partial charge in [0, 0.05) is 0 Å². The molecule has 0 aliphatic rings. The number of halogens is 1. The van der Waals surface area contributed by atoms with Gasteiger partial charge in [0.1, 0.15) is 17.6 Å². The summed E-state index contributed by atoms with van der Waals surface area (Å²) in [4.78, 5) is 21.8. The maximum absolute atomic E-state index is 11.2. The third kappa shape index (κ3) is 5.42. The van der Waals surface area contributed by atoms with Crippen LogP contribution in [0.15, 0.2) is 11.8 Å². The summed E-state index contributed by atoms with van der Waals surface area (Å²) in [6, 6.07) is 0. The van der Waals surface area contributed by atoms with Crippen molar-refractivity contribution in [1.29, 1.82) is 0 Å². The molecule has 0 aliphatic carbocycles. The molecule has 0 aromatic heterocycles. The van der Waals surface area contributed by atoms with Crippen LogP contribution in [-0.4, -0.2) is 11.6 Å². The SMILES string of the molecule is CCCC=C(OCl)C(=O)CC(C)=O. The van der Waals surface area contributed by atoms with Crippen molar-refractivity contribution < 1.29 is 13.9 Å². The van der Waals surface area contributed by atoms with E-state index in [1.165, 1.54) is 6.92 Å². The van der Waals surface area contributed by atoms with E-state index in [0.29, 0.717) is 6.42 Å². The van der Waals surface area contributed by atoms with Crippen molar-refractivity contribution in [2.24, 2.45) is 0 Å². The Hall–Kier alpha value is -0.830. The molecule has 0 aliphatic heterocycles. The summed E-state index contributed by atoms with van der Waals surface area (Å²) < 4.78 is 4.35. The van der Waals surface area contributed by atoms with Gasteiger partial charge in [0.25, 0.3) is 0 Å². The van der Waals surface area contributed by atoms with E-state index in [1.54, 1.807) is 6.08 Å². The van der Waals surface area contributed by atoms with Crippen LogP contribution in [0.5, 0.6) is 0 Å². The number of hydrogen-bond donors (Lipinski definition) is 0. The van der Waals surface area contributed by atoms with Crippen LogP contribution in [0, 0.1) is 0 Å². The van der Waals surface area contributed by atoms with Crippen molar-refractivity contribution >= 4 is 23.4 Å². The summed E-state index contributed by atoms with van der Waals surface area (Å²) in [5, 5.41) is 0. The van der Waals surface area contributed by atoms with Gasteiger partial charge in [-0.05, 0) is 19.4 Å². The molecule has 0 radical (unpaired) electrons. The van der Waals surface area contributed by atoms with Gasteiger partial charge < -0.3 is 4.29 Å². The van der Waals surface area contributed by atoms with Crippen LogP contribution in [0.3, 0.4) is 0 Å². The normalized spacial score (nSPS) is 11.2. The quantitative estimate of drug-likeness (QED) is 0.379. The van der Waals surface area contributed by atoms with Crippen molar-refractivity contribution in [3.05, 3.63) is 11.8 Å². The lowest BCUT2D eigenvalue weighted by atomic mass is 10.1. The van der Waals surface area contributed by atoms with E-state index in [-0.39, 0.29) is 23.7 Å². The highest BCUT2D eigenvalue weighted by molar-refractivity contribution is 6.13. The Morgan fingerprint density at radius 1 is 1.46 bits per heavy atom. The summed E-state index contributed by atoms with van der Waals surface area (Å²) in [7, 11) is 0. The van der Waals surface area contributed by atoms with Gasteiger partial charge in [0.05, 0.1) is 6.42 Å². The molecule has 0 rings (SSSR count). The molecule has 0 unspecified atom stereocenters. The molecule has 0 aromatic carbocycles. The van der Waals surface area contributed by atoms with Gasteiger partial charge in [-0.15, -0.1) is 0 Å². The van der Waals surface area contributed by atoms with Crippen molar-refractivity contribution in [1.82, 2.24) is 0 Å². The Balaban J connectivity index is 4.22. The lowest BCUT2D eigenvalue weighted by Crippen LogP contribution is -2.07. The van der Waals surface area contributed by atoms with Crippen LogP contribution in [0.4, 0.5) is 0 Å². The van der Waals surface area contributed by atoms with Gasteiger partial charge in [-0.25, -0.2) is 0 Å². The number of allylic oxidation sites excluding steroid dienone is 2. The standard InChI is InChI=1S/C9H13ClO3/c1-3-4-5-9(13-10)8(12)6-7(2)11/h5H,3-4,6H2,1-2H3. The molecule has 0 saturated carbocycles. The topological polar surface area (TPSA) is 43.4 Å². The number of unbranched alkanes of at least 4 members (excludes halogenated alkanes) is 1. The zero-order valence-electron chi connectivity index (χ0n) is 7.80. The van der Waals surface area contributed by atoms with Gasteiger partial charge in [-0.1, -0.05) is 13.3 Å². The molecule has 3 nitrogen and oxygen atoms in total. The molecule has 0 amide bonds. The van der Waals surface area contributed by atoms with E-state index >= 15 is 0 Å². The second-order valence-corrected chi connectivity index (χ2v) is 2.89. The molecule has 0 fully saturated rings. The van der Waals surface area contributed by atoms with Crippen molar-refractivity contribution in [2.75, 3.05) is 0 Å². The van der Waals surface area contributed by atoms with Gasteiger partial charge in [0.15, 0.2) is 5.76 Å². The second-order valence-electron chi connectivity index (χ2n) is 2.74. The number of ketones is 2. The molecule has 0 bridgehead atoms. The van der Waals surface area contributed by atoms with Crippen molar-refractivity contribution in [3.8, 4) is 0 Å². The van der Waals surface area contributed by atoms with Crippen LogP contribution in [0.25, 0.3) is 0 Å². The van der Waals surface area contributed by atoms with Gasteiger partial charge in [-0.2, -0.15) is 0 Å². The summed E-state index contributed by atoms with van der Waals surface area (Å²) >= 11 is 5.08. The summed E-state index contributed by atoms with van der Waals surface area (Å²) in [6.45, 7) is 3.32. The van der Waals surface area contributed by atoms with E-state index in [2.05, 4.69) is 4.29 Å². The molecule has 0 spiro atoms. The fourth-order valence-corrected chi connectivity index (χ4v) is 0.926. The highest BCUT2D eigenvalue weighted by atomic mass is 35.5. The van der Waals surface area contributed by atoms with Crippen LogP contribution < -0.4 is 0 Å². The molecule has 0 atom stereocenters. The fraction of sp³-hybridized carbons (Fsp3) is 0.556. The van der Waals surface area contributed by atoms with E-state index in [1.807, 2.05) is 6.92 Å². The highest BCUT2D eigenvalue weighted by Gasteiger charge is 2.12. The predicted molar refractivity (Wildman–Crippen MR) is 50.2 cm³/mol. The molecule has 0 N–H and O–H groups in total. The molecule has 0 aromatic rings. The Bertz CT molecular complexity index is 221. The molecule has 4 heteroatoms. The largest absolute Gasteiger partial charge is 0.382 e. The van der Waals surface area contributed by atoms with E-state index in [4.69, 9.17) is 11.9 Å². The summed E-state index contributed by atoms with van der Waals surface area (Å²) in [6.07, 6.45) is 3.06. The summed E-state index contributed by atoms with van der Waals surface area (Å²) in [5.41, 5.74) is 0. The van der Waals surface area contributed by atoms with E-state index in [0.717, 1.165) is 6.42 Å². The average Bonchev–Trinajstić information content (AvgIpc) is 2.04. The number of hydrogen-bond acceptors (Lipinski definition) is 3. The highest BCUT2D eigenvalue weighted by Crippen LogP contribution is 2.07. The molecule has 13 heavy (non-hydrogen) atoms. The molecule has 74 valence electrons. The van der Waals surface area contributed by atoms with E-state index in [9.17, 15) is 9.59 Å². The first-order chi connectivity index (χ1) is 6.11. The minimum Gasteiger partial charge on any atom is -0.382 e. The van der Waals surface area contributed by atoms with Gasteiger partial charge >= 0.3 is 0 Å². The minimum atomic E-state index is -0.365. The van der Waals surface area contributed by atoms with Crippen LogP contribution >= 0.6 is 11.9 Å². The van der Waals surface area contributed by atoms with Crippen LogP contribution in [0.2, 0.25) is 0 Å². The maximum Gasteiger partial charge on any atom is 0.206 e. The van der Waals surface area contributed by atoms with Gasteiger partial charge in [-0.3, -0.25) is 9.59 Å². The number of carbonyl (C=O) groups excluding carboxylic acids is 2. The first kappa shape index (κ1) is 12.2. The molecular formula is C9H13ClO3. The Kier molecular flexibility index (Phi) is 6.24. The van der Waals surface area contributed by atoms with Gasteiger partial charge in [0.2, 0.25) is 5.78 Å². The first-order valence-corrected chi connectivity index (χ1v) is 4.44. The van der Waals surface area contributed by atoms with Crippen molar-refractivity contribution in [2.45, 2.75) is 33.1 Å². The lowest BCUT2D eigenvalue weighted by Gasteiger charge is -1.99. The predicted octanol–water partition coefficient (Wildman–Crippen LogP) is 2.39. The second kappa shape index (κ2) is 6.66. The minimum absolute atomic E-state index is 0.0683. The van der Waals surface area contributed by atoms with Crippen molar-refractivity contribution in [3.63, 3.8) is 0 Å². The third-order valence-electron chi connectivity index (χ3n) is 1.39. The van der Waals surface area contributed by atoms with Crippen LogP contribution in [-0.2, 0) is 13.9 Å². The number of rotatable bonds is 6. The Labute approximate surface area is 82.9 Å². The first-order valence-electron chi connectivity index (χ1n) is 4.13. The van der Waals surface area contributed by atoms with E-state index < -0.39 is 0 Å². The smallest absolute Gasteiger partial charge is 0.206 e. The Morgan fingerprint density at radius 3 is 2.46 bits per heavy atom. The summed E-state index contributed by atoms with van der Waals surface area (Å²) in [5.74, 6) is -0.490. The lowest BCUT2D eigenvalue weighted by molar-refractivity contribution is -0.124. The average molecular weight is 205 g/mol. The third-order valence-corrected chi connectivity index (χ3v) is 1.55. The molecule has 0 heterocycles. The number of carbonyl (C=O) groups is 2. The fourth-order valence-electron chi connectivity index (χ4n) is 0.777. The zero-order valence-corrected chi connectivity index (χ0v) is 8.56. The molecular weight excluding hydrogens is 192 g/mol. The Morgan fingerprint density at radius 2 is 2.08 bits per heavy atom.